The van der Waals surface area contributed by atoms with Gasteiger partial charge in [-0.1, -0.05) is 97.1 Å². The summed E-state index contributed by atoms with van der Waals surface area (Å²) >= 11 is 1.40. The third kappa shape index (κ3) is 15.0. The molecule has 13 heteroatoms. The van der Waals surface area contributed by atoms with Crippen molar-refractivity contribution in [2.24, 2.45) is 11.8 Å². The molecule has 0 radical (unpaired) electrons. The lowest BCUT2D eigenvalue weighted by atomic mass is 9.84. The summed E-state index contributed by atoms with van der Waals surface area (Å²) in [6, 6.07) is 27.1. The van der Waals surface area contributed by atoms with Gasteiger partial charge < -0.3 is 24.8 Å². The predicted octanol–water partition coefficient (Wildman–Crippen LogP) is 7.60. The van der Waals surface area contributed by atoms with E-state index in [1.807, 2.05) is 91.0 Å². The molecule has 0 bridgehead atoms. The van der Waals surface area contributed by atoms with Crippen LogP contribution in [0.2, 0.25) is 0 Å². The van der Waals surface area contributed by atoms with Gasteiger partial charge in [0.05, 0.1) is 36.3 Å². The van der Waals surface area contributed by atoms with Gasteiger partial charge in [0, 0.05) is 36.5 Å². The highest BCUT2D eigenvalue weighted by atomic mass is 32.2. The van der Waals surface area contributed by atoms with Gasteiger partial charge in [-0.3, -0.25) is 33.6 Å². The molecule has 2 amide bonds. The lowest BCUT2D eigenvalue weighted by molar-refractivity contribution is -0.161. The predicted molar refractivity (Wildman–Crippen MR) is 242 cm³/mol. The number of benzene rings is 3. The van der Waals surface area contributed by atoms with Crippen LogP contribution in [0.4, 0.5) is 0 Å². The Kier molecular flexibility index (Phi) is 18.0. The van der Waals surface area contributed by atoms with Crippen LogP contribution in [0.3, 0.4) is 0 Å². The fourth-order valence-electron chi connectivity index (χ4n) is 7.15. The number of hydrogen-bond acceptors (Lipinski definition) is 11. The Labute approximate surface area is 375 Å². The van der Waals surface area contributed by atoms with Gasteiger partial charge >= 0.3 is 17.9 Å². The maximum Gasteiger partial charge on any atom is 0.309 e. The van der Waals surface area contributed by atoms with E-state index in [4.69, 9.17) is 14.2 Å². The smallest absolute Gasteiger partial charge is 0.309 e. The molecule has 4 atom stereocenters. The standard InChI is InChI=1S/C50H62N2O10S/c1-33(51-45(57)34-19-18-20-34)41(53)29-35(27-28-43(55)61-48(2,3)4)46(58)52-40(42(54)30-36(47(59)60-8)31-44(56)62-49(5,6)7)32-63-50(37-21-12-9-13-22-37,38-23-14-10-15-24-38)39-25-16-11-17-26-39/h9-17,19,21-26,33,35-36,40H,18,20,27-32H2,1-8H3,(H,51,57)(H,52,58)/t33-,35+,36-,40-/m0/s1. The Morgan fingerprint density at radius 3 is 1.57 bits per heavy atom. The molecule has 0 aliphatic heterocycles. The number of nitrogens with one attached hydrogen (secondary N) is 2. The van der Waals surface area contributed by atoms with Crippen LogP contribution in [0.15, 0.2) is 103 Å². The molecule has 4 rings (SSSR count). The number of rotatable bonds is 22. The molecule has 2 N–H and O–H groups in total. The lowest BCUT2D eigenvalue weighted by Crippen LogP contribution is -2.48. The second-order valence-electron chi connectivity index (χ2n) is 17.8. The number of methoxy groups -OCH3 is 1. The zero-order chi connectivity index (χ0) is 46.4. The van der Waals surface area contributed by atoms with Crippen molar-refractivity contribution in [1.29, 1.82) is 0 Å². The van der Waals surface area contributed by atoms with Gasteiger partial charge in [0.15, 0.2) is 11.6 Å². The molecule has 338 valence electrons. The molecule has 12 nitrogen and oxygen atoms in total. The highest BCUT2D eigenvalue weighted by Gasteiger charge is 2.40. The molecule has 1 aliphatic carbocycles. The number of carbonyl (C=O) groups is 7. The van der Waals surface area contributed by atoms with E-state index >= 15 is 0 Å². The highest BCUT2D eigenvalue weighted by Crippen LogP contribution is 2.48. The van der Waals surface area contributed by atoms with E-state index in [-0.39, 0.29) is 30.9 Å². The molecule has 3 aromatic rings. The van der Waals surface area contributed by atoms with Crippen LogP contribution in [-0.2, 0) is 52.5 Å². The number of ketones is 2. The van der Waals surface area contributed by atoms with Crippen LogP contribution in [0.5, 0.6) is 0 Å². The second-order valence-corrected chi connectivity index (χ2v) is 19.0. The first-order valence-corrected chi connectivity index (χ1v) is 22.4. The van der Waals surface area contributed by atoms with Crippen molar-refractivity contribution < 1.29 is 47.8 Å². The van der Waals surface area contributed by atoms with Crippen LogP contribution >= 0.6 is 11.8 Å². The summed E-state index contributed by atoms with van der Waals surface area (Å²) in [5.41, 5.74) is 1.63. The van der Waals surface area contributed by atoms with E-state index in [9.17, 15) is 33.6 Å². The molecule has 0 fully saturated rings. The molecule has 0 spiro atoms. The van der Waals surface area contributed by atoms with Crippen LogP contribution in [0, 0.1) is 11.8 Å². The summed E-state index contributed by atoms with van der Waals surface area (Å²) in [6.45, 7) is 11.8. The van der Waals surface area contributed by atoms with E-state index in [0.717, 1.165) is 30.2 Å². The number of thioether (sulfide) groups is 1. The Balaban J connectivity index is 1.76. The largest absolute Gasteiger partial charge is 0.469 e. The molecule has 3 aromatic carbocycles. The fraction of sp³-hybridized carbons (Fsp3) is 0.460. The summed E-state index contributed by atoms with van der Waals surface area (Å²) in [7, 11) is 1.16. The summed E-state index contributed by atoms with van der Waals surface area (Å²) in [5.74, 6) is -6.50. The third-order valence-electron chi connectivity index (χ3n) is 10.4. The Morgan fingerprint density at radius 1 is 0.651 bits per heavy atom. The Bertz CT molecular complexity index is 1990. The normalized spacial score (nSPS) is 14.6. The van der Waals surface area contributed by atoms with Gasteiger partial charge in [-0.25, -0.2) is 0 Å². The van der Waals surface area contributed by atoms with Crippen molar-refractivity contribution in [2.45, 2.75) is 121 Å². The van der Waals surface area contributed by atoms with Gasteiger partial charge in [-0.15, -0.1) is 11.8 Å². The molecule has 0 heterocycles. The van der Waals surface area contributed by atoms with Crippen LogP contribution in [0.1, 0.15) is 110 Å². The molecule has 0 saturated heterocycles. The first-order chi connectivity index (χ1) is 29.7. The lowest BCUT2D eigenvalue weighted by Gasteiger charge is -2.36. The van der Waals surface area contributed by atoms with Gasteiger partial charge in [-0.2, -0.15) is 0 Å². The van der Waals surface area contributed by atoms with E-state index in [0.29, 0.717) is 12.0 Å². The second kappa shape index (κ2) is 22.7. The minimum atomic E-state index is -1.27. The molecule has 0 saturated carbocycles. The maximum absolute atomic E-state index is 14.7. The van der Waals surface area contributed by atoms with Crippen LogP contribution < -0.4 is 10.6 Å². The number of hydrogen-bond donors (Lipinski definition) is 2. The van der Waals surface area contributed by atoms with Crippen molar-refractivity contribution >= 4 is 53.1 Å². The van der Waals surface area contributed by atoms with Gasteiger partial charge in [0.25, 0.3) is 0 Å². The summed E-state index contributed by atoms with van der Waals surface area (Å²) < 4.78 is 15.1. The number of allylic oxidation sites excluding steroid dienone is 1. The highest BCUT2D eigenvalue weighted by molar-refractivity contribution is 8.00. The van der Waals surface area contributed by atoms with Gasteiger partial charge in [-0.05, 0) is 84.4 Å². The average Bonchev–Trinajstić information content (AvgIpc) is 3.20. The third-order valence-corrected chi connectivity index (χ3v) is 12.0. The molecular formula is C50H62N2O10S. The van der Waals surface area contributed by atoms with Crippen LogP contribution in [0.25, 0.3) is 0 Å². The van der Waals surface area contributed by atoms with Gasteiger partial charge in [0.1, 0.15) is 11.2 Å². The fourth-order valence-corrected chi connectivity index (χ4v) is 8.75. The van der Waals surface area contributed by atoms with Crippen molar-refractivity contribution in [3.8, 4) is 0 Å². The maximum atomic E-state index is 14.7. The molecule has 1 aliphatic rings. The number of amides is 2. The SMILES string of the molecule is COC(=O)[C@H](CC(=O)OC(C)(C)C)CC(=O)[C@H](CSC(c1ccccc1)(c1ccccc1)c1ccccc1)NC(=O)[C@H](CCC(=O)OC(C)(C)C)CC(=O)[C@H](C)NC(=O)C1=CCC1. The topological polar surface area (TPSA) is 171 Å². The van der Waals surface area contributed by atoms with E-state index in [1.165, 1.54) is 11.8 Å². The molecule has 0 unspecified atom stereocenters. The zero-order valence-corrected chi connectivity index (χ0v) is 38.5. The minimum absolute atomic E-state index is 0.0299. The van der Waals surface area contributed by atoms with Crippen LogP contribution in [-0.4, -0.2) is 77.4 Å². The first kappa shape index (κ1) is 50.1. The molecule has 0 aromatic heterocycles. The molecule has 63 heavy (non-hydrogen) atoms. The van der Waals surface area contributed by atoms with Crippen molar-refractivity contribution in [1.82, 2.24) is 10.6 Å². The summed E-state index contributed by atoms with van der Waals surface area (Å²) in [4.78, 5) is 94.9. The van der Waals surface area contributed by atoms with Crippen molar-refractivity contribution in [2.75, 3.05) is 12.9 Å². The number of Topliss-reactive ketones (excluding diaryl/α,β-unsaturated/α-hetero) is 2. The number of ether oxygens (including phenoxy) is 3. The monoisotopic (exact) mass is 882 g/mol. The quantitative estimate of drug-likeness (QED) is 0.0579. The van der Waals surface area contributed by atoms with E-state index in [1.54, 1.807) is 54.5 Å². The number of esters is 3. The Hall–Kier alpha value is -5.56. The molecular weight excluding hydrogens is 821 g/mol. The summed E-state index contributed by atoms with van der Waals surface area (Å²) in [6.07, 6.45) is 1.59. The summed E-state index contributed by atoms with van der Waals surface area (Å²) in [5, 5.41) is 5.63. The first-order valence-electron chi connectivity index (χ1n) is 21.4. The van der Waals surface area contributed by atoms with E-state index in [2.05, 4.69) is 10.6 Å². The Morgan fingerprint density at radius 2 is 1.13 bits per heavy atom. The minimum Gasteiger partial charge on any atom is -0.469 e. The van der Waals surface area contributed by atoms with Crippen molar-refractivity contribution in [3.05, 3.63) is 119 Å². The van der Waals surface area contributed by atoms with Crippen molar-refractivity contribution in [3.63, 3.8) is 0 Å². The zero-order valence-electron chi connectivity index (χ0n) is 37.7. The van der Waals surface area contributed by atoms with Gasteiger partial charge in [0.2, 0.25) is 11.8 Å². The average molecular weight is 883 g/mol. The van der Waals surface area contributed by atoms with E-state index < -0.39 is 88.1 Å². The number of carbonyl (C=O) groups excluding carboxylic acids is 7.